The van der Waals surface area contributed by atoms with Crippen molar-refractivity contribution in [2.75, 3.05) is 6.61 Å². The number of nitro benzene ring substituents is 1. The van der Waals surface area contributed by atoms with Gasteiger partial charge in [-0.1, -0.05) is 35.3 Å². The molecule has 2 aromatic rings. The fourth-order valence-corrected chi connectivity index (χ4v) is 2.19. The molecule has 0 aliphatic rings. The predicted molar refractivity (Wildman–Crippen MR) is 90.2 cm³/mol. The SMILES string of the molecule is O=C(COc1ccc(Cl)cc1Cl)N/N=C\c1cccc([N+](=O)[O-])c1[O-]. The zero-order chi connectivity index (χ0) is 18.4. The Balaban J connectivity index is 1.93. The molecular formula is C15H10Cl2N3O5-. The standard InChI is InChI=1S/C15H11Cl2N3O5/c16-10-4-5-13(11(17)6-10)25-8-14(21)19-18-7-9-2-1-3-12(15(9)22)20(23)24/h1-7,22H,8H2,(H,19,21)/p-1/b18-7-. The lowest BCUT2D eigenvalue weighted by atomic mass is 10.2. The third-order valence-corrected chi connectivity index (χ3v) is 3.40. The van der Waals surface area contributed by atoms with E-state index in [1.807, 2.05) is 0 Å². The molecule has 2 aromatic carbocycles. The molecule has 0 bridgehead atoms. The fourth-order valence-electron chi connectivity index (χ4n) is 1.73. The molecule has 0 saturated carbocycles. The van der Waals surface area contributed by atoms with Crippen LogP contribution < -0.4 is 15.3 Å². The number of benzene rings is 2. The maximum absolute atomic E-state index is 11.8. The van der Waals surface area contributed by atoms with E-state index in [1.165, 1.54) is 24.3 Å². The maximum Gasteiger partial charge on any atom is 0.277 e. The van der Waals surface area contributed by atoms with Gasteiger partial charge in [0.05, 0.1) is 16.2 Å². The molecule has 0 radical (unpaired) electrons. The number of hydrogen-bond donors (Lipinski definition) is 1. The number of carbonyl (C=O) groups excluding carboxylic acids is 1. The third kappa shape index (κ3) is 5.07. The van der Waals surface area contributed by atoms with E-state index in [0.29, 0.717) is 5.02 Å². The van der Waals surface area contributed by atoms with Crippen LogP contribution in [-0.2, 0) is 4.79 Å². The van der Waals surface area contributed by atoms with Gasteiger partial charge in [0, 0.05) is 11.1 Å². The average molecular weight is 383 g/mol. The molecule has 0 saturated heterocycles. The van der Waals surface area contributed by atoms with E-state index < -0.39 is 22.3 Å². The zero-order valence-electron chi connectivity index (χ0n) is 12.4. The van der Waals surface area contributed by atoms with Crippen molar-refractivity contribution in [1.82, 2.24) is 5.43 Å². The van der Waals surface area contributed by atoms with Crippen molar-refractivity contribution in [2.24, 2.45) is 5.10 Å². The summed E-state index contributed by atoms with van der Waals surface area (Å²) in [5.74, 6) is -1.14. The van der Waals surface area contributed by atoms with Crippen LogP contribution in [0.15, 0.2) is 41.5 Å². The Morgan fingerprint density at radius 3 is 2.76 bits per heavy atom. The molecule has 130 valence electrons. The summed E-state index contributed by atoms with van der Waals surface area (Å²) in [7, 11) is 0. The second-order valence-electron chi connectivity index (χ2n) is 4.61. The molecule has 0 heterocycles. The molecule has 25 heavy (non-hydrogen) atoms. The van der Waals surface area contributed by atoms with Crippen molar-refractivity contribution in [3.63, 3.8) is 0 Å². The summed E-state index contributed by atoms with van der Waals surface area (Å²) in [4.78, 5) is 21.5. The quantitative estimate of drug-likeness (QED) is 0.467. The van der Waals surface area contributed by atoms with Gasteiger partial charge in [0.15, 0.2) is 6.61 Å². The Hall–Kier alpha value is -2.84. The van der Waals surface area contributed by atoms with Gasteiger partial charge in [-0.3, -0.25) is 14.9 Å². The van der Waals surface area contributed by atoms with Crippen LogP contribution in [0, 0.1) is 10.1 Å². The van der Waals surface area contributed by atoms with Gasteiger partial charge in [-0.2, -0.15) is 5.10 Å². The minimum absolute atomic E-state index is 0.0313. The molecule has 1 amide bonds. The van der Waals surface area contributed by atoms with Gasteiger partial charge in [0.1, 0.15) is 5.75 Å². The van der Waals surface area contributed by atoms with Crippen molar-refractivity contribution in [2.45, 2.75) is 0 Å². The number of nitro groups is 1. The van der Waals surface area contributed by atoms with Crippen molar-refractivity contribution in [1.29, 1.82) is 0 Å². The average Bonchev–Trinajstić information content (AvgIpc) is 2.55. The second kappa shape index (κ2) is 8.32. The van der Waals surface area contributed by atoms with Crippen LogP contribution in [-0.4, -0.2) is 23.7 Å². The summed E-state index contributed by atoms with van der Waals surface area (Å²) in [5.41, 5.74) is 1.53. The normalized spacial score (nSPS) is 10.6. The third-order valence-electron chi connectivity index (χ3n) is 2.87. The Morgan fingerprint density at radius 1 is 1.32 bits per heavy atom. The molecular weight excluding hydrogens is 373 g/mol. The lowest BCUT2D eigenvalue weighted by molar-refractivity contribution is -0.398. The first-order valence-electron chi connectivity index (χ1n) is 6.72. The predicted octanol–water partition coefficient (Wildman–Crippen LogP) is 2.50. The molecule has 0 spiro atoms. The number of nitrogens with zero attached hydrogens (tertiary/aromatic N) is 2. The van der Waals surface area contributed by atoms with Gasteiger partial charge in [-0.05, 0) is 29.5 Å². The number of nitrogens with one attached hydrogen (secondary N) is 1. The Bertz CT molecular complexity index is 842. The van der Waals surface area contributed by atoms with E-state index in [4.69, 9.17) is 27.9 Å². The molecule has 0 atom stereocenters. The summed E-state index contributed by atoms with van der Waals surface area (Å²) in [6, 6.07) is 8.29. The molecule has 0 fully saturated rings. The molecule has 0 unspecified atom stereocenters. The van der Waals surface area contributed by atoms with Crippen molar-refractivity contribution >= 4 is 41.0 Å². The van der Waals surface area contributed by atoms with Gasteiger partial charge in [-0.15, -0.1) is 0 Å². The zero-order valence-corrected chi connectivity index (χ0v) is 14.0. The molecule has 8 nitrogen and oxygen atoms in total. The minimum Gasteiger partial charge on any atom is -0.867 e. The highest BCUT2D eigenvalue weighted by molar-refractivity contribution is 6.35. The Kier molecular flexibility index (Phi) is 6.15. The second-order valence-corrected chi connectivity index (χ2v) is 5.45. The summed E-state index contributed by atoms with van der Waals surface area (Å²) in [6.07, 6.45) is 1.02. The fraction of sp³-hybridized carbons (Fsp3) is 0.0667. The van der Waals surface area contributed by atoms with Crippen molar-refractivity contribution < 1.29 is 19.6 Å². The van der Waals surface area contributed by atoms with E-state index in [2.05, 4.69) is 10.5 Å². The maximum atomic E-state index is 11.8. The van der Waals surface area contributed by atoms with Crippen LogP contribution in [0.3, 0.4) is 0 Å². The lowest BCUT2D eigenvalue weighted by Gasteiger charge is -2.09. The number of hydrazone groups is 1. The molecule has 0 aliphatic carbocycles. The summed E-state index contributed by atoms with van der Waals surface area (Å²) in [5, 5.41) is 26.7. The van der Waals surface area contributed by atoms with Crippen LogP contribution in [0.2, 0.25) is 10.0 Å². The highest BCUT2D eigenvalue weighted by atomic mass is 35.5. The highest BCUT2D eigenvalue weighted by Crippen LogP contribution is 2.27. The van der Waals surface area contributed by atoms with Crippen LogP contribution in [0.25, 0.3) is 0 Å². The first-order valence-corrected chi connectivity index (χ1v) is 7.48. The molecule has 1 N–H and O–H groups in total. The van der Waals surface area contributed by atoms with Gasteiger partial charge >= 0.3 is 0 Å². The molecule has 0 aliphatic heterocycles. The summed E-state index contributed by atoms with van der Waals surface area (Å²) >= 11 is 11.6. The van der Waals surface area contributed by atoms with Gasteiger partial charge in [-0.25, -0.2) is 5.43 Å². The van der Waals surface area contributed by atoms with Crippen molar-refractivity contribution in [3.05, 3.63) is 62.1 Å². The number of hydrogen-bond acceptors (Lipinski definition) is 6. The lowest BCUT2D eigenvalue weighted by Crippen LogP contribution is -2.24. The van der Waals surface area contributed by atoms with E-state index >= 15 is 0 Å². The first kappa shape index (κ1) is 18.5. The number of para-hydroxylation sites is 1. The van der Waals surface area contributed by atoms with Crippen LogP contribution in [0.5, 0.6) is 11.5 Å². The molecule has 2 rings (SSSR count). The number of rotatable bonds is 6. The summed E-state index contributed by atoms with van der Waals surface area (Å²) < 4.78 is 5.20. The monoisotopic (exact) mass is 382 g/mol. The molecule has 0 aromatic heterocycles. The van der Waals surface area contributed by atoms with Crippen LogP contribution in [0.4, 0.5) is 5.69 Å². The minimum atomic E-state index is -0.797. The van der Waals surface area contributed by atoms with Gasteiger partial charge < -0.3 is 9.84 Å². The van der Waals surface area contributed by atoms with Gasteiger partial charge in [0.25, 0.3) is 11.6 Å². The van der Waals surface area contributed by atoms with Crippen LogP contribution >= 0.6 is 23.2 Å². The number of amides is 1. The molecule has 10 heteroatoms. The Labute approximate surface area is 151 Å². The van der Waals surface area contributed by atoms with Crippen molar-refractivity contribution in [3.8, 4) is 11.5 Å². The summed E-state index contributed by atoms with van der Waals surface area (Å²) in [6.45, 7) is -0.377. The van der Waals surface area contributed by atoms with Crippen LogP contribution in [0.1, 0.15) is 5.56 Å². The van der Waals surface area contributed by atoms with E-state index in [-0.39, 0.29) is 22.9 Å². The topological polar surface area (TPSA) is 117 Å². The smallest absolute Gasteiger partial charge is 0.277 e. The number of halogens is 2. The van der Waals surface area contributed by atoms with Gasteiger partial charge in [0.2, 0.25) is 0 Å². The number of carbonyl (C=O) groups is 1. The largest absolute Gasteiger partial charge is 0.867 e. The number of ether oxygens (including phenoxy) is 1. The van der Waals surface area contributed by atoms with E-state index in [1.54, 1.807) is 6.07 Å². The Morgan fingerprint density at radius 2 is 2.08 bits per heavy atom. The van der Waals surface area contributed by atoms with E-state index in [0.717, 1.165) is 12.3 Å². The van der Waals surface area contributed by atoms with E-state index in [9.17, 15) is 20.0 Å². The first-order chi connectivity index (χ1) is 11.9. The highest BCUT2D eigenvalue weighted by Gasteiger charge is 2.08.